The second kappa shape index (κ2) is 6.24. The number of carbonyl (C=O) groups excluding carboxylic acids is 1. The molecule has 0 fully saturated rings. The van der Waals surface area contributed by atoms with Crippen LogP contribution in [0.3, 0.4) is 0 Å². The van der Waals surface area contributed by atoms with Crippen molar-refractivity contribution < 1.29 is 4.79 Å². The van der Waals surface area contributed by atoms with Crippen LogP contribution in [0.25, 0.3) is 16.6 Å². The molecule has 0 unspecified atom stereocenters. The van der Waals surface area contributed by atoms with Crippen molar-refractivity contribution in [2.24, 2.45) is 0 Å². The molecule has 2 heterocycles. The van der Waals surface area contributed by atoms with E-state index in [0.29, 0.717) is 6.54 Å². The predicted octanol–water partition coefficient (Wildman–Crippen LogP) is 3.26. The minimum Gasteiger partial charge on any atom is -0.352 e. The fraction of sp³-hybridized carbons (Fsp3) is 0.105. The van der Waals surface area contributed by atoms with Gasteiger partial charge in [-0.3, -0.25) is 9.20 Å². The van der Waals surface area contributed by atoms with Crippen LogP contribution in [0.5, 0.6) is 0 Å². The van der Waals surface area contributed by atoms with Gasteiger partial charge in [-0.05, 0) is 29.8 Å². The number of rotatable bonds is 4. The summed E-state index contributed by atoms with van der Waals surface area (Å²) in [5.41, 5.74) is 4.81. The molecule has 0 bridgehead atoms. The summed E-state index contributed by atoms with van der Waals surface area (Å²) in [6.07, 6.45) is 3.59. The maximum absolute atomic E-state index is 11.0. The Kier molecular flexibility index (Phi) is 3.78. The highest BCUT2D eigenvalue weighted by molar-refractivity contribution is 5.85. The Morgan fingerprint density at radius 1 is 1.08 bits per heavy atom. The van der Waals surface area contributed by atoms with Crippen LogP contribution in [0, 0.1) is 0 Å². The van der Waals surface area contributed by atoms with Crippen molar-refractivity contribution in [3.8, 4) is 0 Å². The van der Waals surface area contributed by atoms with Crippen LogP contribution < -0.4 is 10.6 Å². The molecule has 0 radical (unpaired) electrons. The van der Waals surface area contributed by atoms with Crippen molar-refractivity contribution >= 4 is 34.0 Å². The lowest BCUT2D eigenvalue weighted by Gasteiger charge is -2.11. The van der Waals surface area contributed by atoms with Gasteiger partial charge in [-0.1, -0.05) is 24.3 Å². The molecular formula is C19H17N5O. The lowest BCUT2D eigenvalue weighted by molar-refractivity contribution is -0.119. The second-order valence-electron chi connectivity index (χ2n) is 5.83. The Balaban J connectivity index is 1.65. The monoisotopic (exact) mass is 331 g/mol. The molecule has 2 aromatic carbocycles. The van der Waals surface area contributed by atoms with E-state index in [1.165, 1.54) is 6.92 Å². The SMILES string of the molecule is CC(=O)NCc1ccc(Nc2nc3ccccc3n3cncc23)cc1. The molecule has 4 rings (SSSR count). The van der Waals surface area contributed by atoms with Gasteiger partial charge in [0.2, 0.25) is 5.91 Å². The molecule has 0 atom stereocenters. The molecule has 0 aliphatic heterocycles. The van der Waals surface area contributed by atoms with Crippen molar-refractivity contribution in [3.63, 3.8) is 0 Å². The maximum atomic E-state index is 11.0. The standard InChI is InChI=1S/C19H17N5O/c1-13(25)21-10-14-6-8-15(9-7-14)22-19-18-11-20-12-24(18)17-5-3-2-4-16(17)23-19/h2-9,11-12H,10H2,1H3,(H,21,25)(H,22,23). The summed E-state index contributed by atoms with van der Waals surface area (Å²) in [6, 6.07) is 15.9. The van der Waals surface area contributed by atoms with Crippen molar-refractivity contribution in [2.45, 2.75) is 13.5 Å². The number of aromatic nitrogens is 3. The first-order valence-corrected chi connectivity index (χ1v) is 8.02. The Labute approximate surface area is 144 Å². The summed E-state index contributed by atoms with van der Waals surface area (Å²) in [4.78, 5) is 20.0. The van der Waals surface area contributed by atoms with Crippen molar-refractivity contribution in [1.29, 1.82) is 0 Å². The van der Waals surface area contributed by atoms with Crippen molar-refractivity contribution in [1.82, 2.24) is 19.7 Å². The van der Waals surface area contributed by atoms with Crippen molar-refractivity contribution in [3.05, 3.63) is 66.6 Å². The zero-order valence-corrected chi connectivity index (χ0v) is 13.7. The molecule has 4 aromatic rings. The Hall–Kier alpha value is -3.41. The molecule has 25 heavy (non-hydrogen) atoms. The third-order valence-corrected chi connectivity index (χ3v) is 4.01. The van der Waals surface area contributed by atoms with Gasteiger partial charge in [0.1, 0.15) is 5.52 Å². The Morgan fingerprint density at radius 3 is 2.68 bits per heavy atom. The number of nitrogens with one attached hydrogen (secondary N) is 2. The highest BCUT2D eigenvalue weighted by Gasteiger charge is 2.08. The number of fused-ring (bicyclic) bond motifs is 3. The highest BCUT2D eigenvalue weighted by Crippen LogP contribution is 2.24. The minimum atomic E-state index is -0.0364. The number of hydrogen-bond acceptors (Lipinski definition) is 4. The molecular weight excluding hydrogens is 314 g/mol. The summed E-state index contributed by atoms with van der Waals surface area (Å²) in [5.74, 6) is 0.719. The smallest absolute Gasteiger partial charge is 0.217 e. The molecule has 0 aliphatic rings. The molecule has 0 aliphatic carbocycles. The van der Waals surface area contributed by atoms with Crippen LogP contribution in [0.2, 0.25) is 0 Å². The summed E-state index contributed by atoms with van der Waals surface area (Å²) in [5, 5.41) is 6.15. The summed E-state index contributed by atoms with van der Waals surface area (Å²) < 4.78 is 2.02. The fourth-order valence-corrected chi connectivity index (χ4v) is 2.76. The zero-order chi connectivity index (χ0) is 17.2. The van der Waals surface area contributed by atoms with Crippen LogP contribution >= 0.6 is 0 Å². The van der Waals surface area contributed by atoms with Gasteiger partial charge >= 0.3 is 0 Å². The van der Waals surface area contributed by atoms with Gasteiger partial charge in [0.25, 0.3) is 0 Å². The first-order valence-electron chi connectivity index (χ1n) is 8.02. The third kappa shape index (κ3) is 3.01. The molecule has 124 valence electrons. The van der Waals surface area contributed by atoms with E-state index in [9.17, 15) is 4.79 Å². The lowest BCUT2D eigenvalue weighted by Crippen LogP contribution is -2.18. The van der Waals surface area contributed by atoms with E-state index < -0.39 is 0 Å². The average molecular weight is 331 g/mol. The van der Waals surface area contributed by atoms with Crippen LogP contribution in [0.1, 0.15) is 12.5 Å². The van der Waals surface area contributed by atoms with Gasteiger partial charge in [-0.25, -0.2) is 9.97 Å². The normalized spacial score (nSPS) is 10.9. The van der Waals surface area contributed by atoms with Crippen LogP contribution in [0.4, 0.5) is 11.5 Å². The molecule has 1 amide bonds. The van der Waals surface area contributed by atoms with E-state index in [1.807, 2.05) is 52.9 Å². The molecule has 0 saturated carbocycles. The minimum absolute atomic E-state index is 0.0364. The molecule has 2 aromatic heterocycles. The van der Waals surface area contributed by atoms with Gasteiger partial charge in [0.05, 0.1) is 23.6 Å². The van der Waals surface area contributed by atoms with E-state index in [0.717, 1.165) is 33.6 Å². The van der Waals surface area contributed by atoms with E-state index in [-0.39, 0.29) is 5.91 Å². The average Bonchev–Trinajstić information content (AvgIpc) is 3.11. The summed E-state index contributed by atoms with van der Waals surface area (Å²) >= 11 is 0. The highest BCUT2D eigenvalue weighted by atomic mass is 16.1. The number of hydrogen-bond donors (Lipinski definition) is 2. The second-order valence-corrected chi connectivity index (χ2v) is 5.83. The lowest BCUT2D eigenvalue weighted by atomic mass is 10.2. The van der Waals surface area contributed by atoms with Crippen LogP contribution in [0.15, 0.2) is 61.1 Å². The van der Waals surface area contributed by atoms with E-state index in [1.54, 1.807) is 12.5 Å². The number of carbonyl (C=O) groups is 1. The third-order valence-electron chi connectivity index (χ3n) is 4.01. The number of amides is 1. The van der Waals surface area contributed by atoms with E-state index in [4.69, 9.17) is 4.98 Å². The fourth-order valence-electron chi connectivity index (χ4n) is 2.76. The summed E-state index contributed by atoms with van der Waals surface area (Å²) in [6.45, 7) is 2.04. The molecule has 6 heteroatoms. The van der Waals surface area contributed by atoms with Gasteiger partial charge in [-0.2, -0.15) is 0 Å². The Bertz CT molecular complexity index is 1050. The van der Waals surface area contributed by atoms with Gasteiger partial charge in [-0.15, -0.1) is 0 Å². The number of imidazole rings is 1. The number of para-hydroxylation sites is 2. The van der Waals surface area contributed by atoms with Gasteiger partial charge in [0.15, 0.2) is 5.82 Å². The number of nitrogens with zero attached hydrogens (tertiary/aromatic N) is 3. The largest absolute Gasteiger partial charge is 0.352 e. The van der Waals surface area contributed by atoms with Crippen LogP contribution in [-0.4, -0.2) is 20.3 Å². The number of benzene rings is 2. The first kappa shape index (κ1) is 15.1. The van der Waals surface area contributed by atoms with Crippen LogP contribution in [-0.2, 0) is 11.3 Å². The molecule has 0 spiro atoms. The molecule has 2 N–H and O–H groups in total. The number of anilines is 2. The zero-order valence-electron chi connectivity index (χ0n) is 13.7. The molecule has 0 saturated heterocycles. The van der Waals surface area contributed by atoms with Gasteiger partial charge < -0.3 is 10.6 Å². The van der Waals surface area contributed by atoms with E-state index in [2.05, 4.69) is 15.6 Å². The quantitative estimate of drug-likeness (QED) is 0.602. The maximum Gasteiger partial charge on any atom is 0.217 e. The topological polar surface area (TPSA) is 71.3 Å². The predicted molar refractivity (Wildman–Crippen MR) is 97.7 cm³/mol. The Morgan fingerprint density at radius 2 is 1.88 bits per heavy atom. The van der Waals surface area contributed by atoms with Gasteiger partial charge in [0, 0.05) is 19.2 Å². The van der Waals surface area contributed by atoms with E-state index >= 15 is 0 Å². The molecule has 6 nitrogen and oxygen atoms in total. The van der Waals surface area contributed by atoms with Crippen molar-refractivity contribution in [2.75, 3.05) is 5.32 Å². The first-order chi connectivity index (χ1) is 12.2. The summed E-state index contributed by atoms with van der Waals surface area (Å²) in [7, 11) is 0.